The van der Waals surface area contributed by atoms with Crippen LogP contribution < -0.4 is 10.2 Å². The quantitative estimate of drug-likeness (QED) is 0.796. The first-order chi connectivity index (χ1) is 10.2. The van der Waals surface area contributed by atoms with Crippen LogP contribution in [0.25, 0.3) is 5.65 Å². The summed E-state index contributed by atoms with van der Waals surface area (Å²) in [6, 6.07) is 9.63. The molecule has 0 aliphatic heterocycles. The van der Waals surface area contributed by atoms with Gasteiger partial charge in [-0.1, -0.05) is 12.1 Å². The summed E-state index contributed by atoms with van der Waals surface area (Å²) in [5, 5.41) is 12.3. The molecule has 0 aliphatic carbocycles. The highest BCUT2D eigenvalue weighted by Crippen LogP contribution is 2.28. The molecule has 0 atom stereocenters. The molecule has 1 aromatic carbocycles. The molecule has 3 aromatic rings. The zero-order valence-corrected chi connectivity index (χ0v) is 11.8. The van der Waals surface area contributed by atoms with Crippen LogP contribution in [0.1, 0.15) is 5.56 Å². The van der Waals surface area contributed by atoms with Crippen LogP contribution in [0.2, 0.25) is 0 Å². The molecule has 0 spiro atoms. The van der Waals surface area contributed by atoms with Crippen molar-refractivity contribution in [3.8, 4) is 6.07 Å². The predicted molar refractivity (Wildman–Crippen MR) is 81.8 cm³/mol. The minimum atomic E-state index is 0.598. The first-order valence-electron chi connectivity index (χ1n) is 6.49. The Labute approximate surface area is 122 Å². The van der Waals surface area contributed by atoms with E-state index in [1.807, 2.05) is 54.0 Å². The number of hydrogen-bond donors (Lipinski definition) is 1. The van der Waals surface area contributed by atoms with Crippen molar-refractivity contribution in [1.82, 2.24) is 14.4 Å². The number of nitrogens with zero attached hydrogens (tertiary/aromatic N) is 5. The van der Waals surface area contributed by atoms with Gasteiger partial charge in [0.05, 0.1) is 17.4 Å². The van der Waals surface area contributed by atoms with Crippen LogP contribution in [0.4, 0.5) is 17.3 Å². The van der Waals surface area contributed by atoms with Crippen molar-refractivity contribution in [3.05, 3.63) is 48.4 Å². The number of fused-ring (bicyclic) bond motifs is 1. The van der Waals surface area contributed by atoms with Crippen molar-refractivity contribution in [2.75, 3.05) is 24.3 Å². The summed E-state index contributed by atoms with van der Waals surface area (Å²) < 4.78 is 1.90. The highest BCUT2D eigenvalue weighted by Gasteiger charge is 2.15. The lowest BCUT2D eigenvalue weighted by Gasteiger charge is -2.20. The fourth-order valence-corrected chi connectivity index (χ4v) is 2.24. The van der Waals surface area contributed by atoms with Gasteiger partial charge in [-0.2, -0.15) is 5.26 Å². The molecule has 0 amide bonds. The van der Waals surface area contributed by atoms with Crippen molar-refractivity contribution in [1.29, 1.82) is 5.26 Å². The molecule has 0 unspecified atom stereocenters. The highest BCUT2D eigenvalue weighted by molar-refractivity contribution is 5.76. The van der Waals surface area contributed by atoms with Gasteiger partial charge in [-0.3, -0.25) is 0 Å². The molecule has 0 bridgehead atoms. The second-order valence-corrected chi connectivity index (χ2v) is 4.55. The van der Waals surface area contributed by atoms with E-state index < -0.39 is 0 Å². The zero-order chi connectivity index (χ0) is 14.8. The van der Waals surface area contributed by atoms with E-state index in [-0.39, 0.29) is 0 Å². The molecule has 0 radical (unpaired) electrons. The number of anilines is 3. The van der Waals surface area contributed by atoms with E-state index in [1.165, 1.54) is 0 Å². The molecule has 21 heavy (non-hydrogen) atoms. The molecule has 6 heteroatoms. The van der Waals surface area contributed by atoms with Crippen LogP contribution in [-0.2, 0) is 0 Å². The van der Waals surface area contributed by atoms with E-state index in [2.05, 4.69) is 21.4 Å². The number of aromatic nitrogens is 3. The largest absolute Gasteiger partial charge is 0.372 e. The molecule has 6 nitrogen and oxygen atoms in total. The third kappa shape index (κ3) is 2.15. The number of rotatable bonds is 3. The fourth-order valence-electron chi connectivity index (χ4n) is 2.24. The Bertz CT molecular complexity index is 830. The molecule has 0 aliphatic rings. The summed E-state index contributed by atoms with van der Waals surface area (Å²) in [6.45, 7) is 0. The van der Waals surface area contributed by atoms with Gasteiger partial charge in [0.25, 0.3) is 0 Å². The highest BCUT2D eigenvalue weighted by atomic mass is 15.2. The van der Waals surface area contributed by atoms with E-state index in [1.54, 1.807) is 12.3 Å². The number of hydrogen-bond acceptors (Lipinski definition) is 5. The van der Waals surface area contributed by atoms with E-state index in [4.69, 9.17) is 0 Å². The molecule has 0 saturated heterocycles. The Hall–Kier alpha value is -3.07. The van der Waals surface area contributed by atoms with Gasteiger partial charge in [0, 0.05) is 26.5 Å². The summed E-state index contributed by atoms with van der Waals surface area (Å²) >= 11 is 0. The third-order valence-corrected chi connectivity index (χ3v) is 3.32. The summed E-state index contributed by atoms with van der Waals surface area (Å²) in [4.78, 5) is 10.8. The summed E-state index contributed by atoms with van der Waals surface area (Å²) in [6.07, 6.45) is 5.46. The zero-order valence-electron chi connectivity index (χ0n) is 11.8. The molecule has 1 N–H and O–H groups in total. The van der Waals surface area contributed by atoms with Gasteiger partial charge in [0.1, 0.15) is 11.9 Å². The molecule has 0 fully saturated rings. The number of para-hydroxylation sites is 1. The molecular formula is C15H14N6. The standard InChI is InChI=1S/C15H14N6/c1-17-13-10-21-8-7-18-14(21)15(19-13)20(2)12-6-4-3-5-11(12)9-16/h3-8,10,17H,1-2H3. The normalized spacial score (nSPS) is 10.3. The van der Waals surface area contributed by atoms with Crippen LogP contribution in [0.5, 0.6) is 0 Å². The van der Waals surface area contributed by atoms with Crippen LogP contribution >= 0.6 is 0 Å². The van der Waals surface area contributed by atoms with Crippen LogP contribution in [0, 0.1) is 11.3 Å². The summed E-state index contributed by atoms with van der Waals surface area (Å²) in [7, 11) is 3.70. The molecule has 104 valence electrons. The maximum atomic E-state index is 9.26. The molecule has 2 heterocycles. The lowest BCUT2D eigenvalue weighted by atomic mass is 10.2. The first kappa shape index (κ1) is 12.9. The van der Waals surface area contributed by atoms with Crippen molar-refractivity contribution in [2.45, 2.75) is 0 Å². The molecule has 3 rings (SSSR count). The van der Waals surface area contributed by atoms with Gasteiger partial charge in [-0.25, -0.2) is 9.97 Å². The second-order valence-electron chi connectivity index (χ2n) is 4.55. The summed E-state index contributed by atoms with van der Waals surface area (Å²) in [5.74, 6) is 1.42. The van der Waals surface area contributed by atoms with Gasteiger partial charge < -0.3 is 14.6 Å². The minimum Gasteiger partial charge on any atom is -0.372 e. The second kappa shape index (κ2) is 5.13. The van der Waals surface area contributed by atoms with E-state index in [9.17, 15) is 5.26 Å². The topological polar surface area (TPSA) is 69.2 Å². The van der Waals surface area contributed by atoms with E-state index >= 15 is 0 Å². The van der Waals surface area contributed by atoms with Crippen LogP contribution in [-0.4, -0.2) is 28.5 Å². The smallest absolute Gasteiger partial charge is 0.180 e. The van der Waals surface area contributed by atoms with Crippen molar-refractivity contribution in [2.24, 2.45) is 0 Å². The molecular weight excluding hydrogens is 264 g/mol. The van der Waals surface area contributed by atoms with E-state index in [0.717, 1.165) is 17.2 Å². The average Bonchev–Trinajstić information content (AvgIpc) is 3.01. The Morgan fingerprint density at radius 3 is 2.90 bits per heavy atom. The van der Waals surface area contributed by atoms with Gasteiger partial charge in [-0.15, -0.1) is 0 Å². The number of nitrogens with one attached hydrogen (secondary N) is 1. The van der Waals surface area contributed by atoms with Crippen LogP contribution in [0.15, 0.2) is 42.9 Å². The van der Waals surface area contributed by atoms with Crippen LogP contribution in [0.3, 0.4) is 0 Å². The van der Waals surface area contributed by atoms with Gasteiger partial charge in [-0.05, 0) is 12.1 Å². The first-order valence-corrected chi connectivity index (χ1v) is 6.49. The molecule has 2 aromatic heterocycles. The molecule has 0 saturated carbocycles. The van der Waals surface area contributed by atoms with E-state index in [0.29, 0.717) is 11.4 Å². The lowest BCUT2D eigenvalue weighted by Crippen LogP contribution is -2.15. The predicted octanol–water partition coefficient (Wildman–Crippen LogP) is 2.41. The van der Waals surface area contributed by atoms with Gasteiger partial charge >= 0.3 is 0 Å². The summed E-state index contributed by atoms with van der Waals surface area (Å²) in [5.41, 5.74) is 2.14. The minimum absolute atomic E-state index is 0.598. The Balaban J connectivity index is 2.19. The Morgan fingerprint density at radius 2 is 2.14 bits per heavy atom. The Kier molecular flexibility index (Phi) is 3.16. The van der Waals surface area contributed by atoms with Gasteiger partial charge in [0.2, 0.25) is 0 Å². The number of benzene rings is 1. The maximum Gasteiger partial charge on any atom is 0.180 e. The third-order valence-electron chi connectivity index (χ3n) is 3.32. The maximum absolute atomic E-state index is 9.26. The van der Waals surface area contributed by atoms with Gasteiger partial charge in [0.15, 0.2) is 11.5 Å². The number of nitriles is 1. The Morgan fingerprint density at radius 1 is 1.33 bits per heavy atom. The fraction of sp³-hybridized carbons (Fsp3) is 0.133. The lowest BCUT2D eigenvalue weighted by molar-refractivity contribution is 1.06. The monoisotopic (exact) mass is 278 g/mol. The average molecular weight is 278 g/mol. The SMILES string of the molecule is CNc1cn2ccnc2c(N(C)c2ccccc2C#N)n1. The van der Waals surface area contributed by atoms with Crippen molar-refractivity contribution in [3.63, 3.8) is 0 Å². The van der Waals surface area contributed by atoms with Crippen molar-refractivity contribution < 1.29 is 0 Å². The number of imidazole rings is 1. The van der Waals surface area contributed by atoms with Crippen molar-refractivity contribution >= 4 is 23.0 Å².